The Hall–Kier alpha value is -3.18. The second-order valence-corrected chi connectivity index (χ2v) is 5.77. The number of aromatic nitrogens is 1. The lowest BCUT2D eigenvalue weighted by atomic mass is 9.93. The average Bonchev–Trinajstić information content (AvgIpc) is 2.91. The SMILES string of the molecule is COc1ccc(C2(O)c3ccccc3C(=O)N2c2ccccn2)cc1. The predicted molar refractivity (Wildman–Crippen MR) is 93.5 cm³/mol. The van der Waals surface area contributed by atoms with Crippen molar-refractivity contribution in [1.82, 2.24) is 4.98 Å². The van der Waals surface area contributed by atoms with Crippen molar-refractivity contribution in [2.24, 2.45) is 0 Å². The van der Waals surface area contributed by atoms with Crippen molar-refractivity contribution in [3.05, 3.63) is 89.6 Å². The Labute approximate surface area is 145 Å². The highest BCUT2D eigenvalue weighted by molar-refractivity contribution is 6.11. The van der Waals surface area contributed by atoms with Crippen LogP contribution in [0.3, 0.4) is 0 Å². The average molecular weight is 332 g/mol. The first-order chi connectivity index (χ1) is 12.2. The number of carbonyl (C=O) groups excluding carboxylic acids is 1. The molecule has 124 valence electrons. The molecular formula is C20H16N2O3. The van der Waals surface area contributed by atoms with Gasteiger partial charge in [-0.2, -0.15) is 0 Å². The molecule has 4 rings (SSSR count). The van der Waals surface area contributed by atoms with Crippen LogP contribution < -0.4 is 9.64 Å². The number of hydrogen-bond donors (Lipinski definition) is 1. The first-order valence-electron chi connectivity index (χ1n) is 7.88. The smallest absolute Gasteiger partial charge is 0.262 e. The summed E-state index contributed by atoms with van der Waals surface area (Å²) in [5.74, 6) is 0.781. The number of ether oxygens (including phenoxy) is 1. The lowest BCUT2D eigenvalue weighted by Gasteiger charge is -2.34. The van der Waals surface area contributed by atoms with Gasteiger partial charge in [0.15, 0.2) is 5.72 Å². The maximum Gasteiger partial charge on any atom is 0.262 e. The fourth-order valence-electron chi connectivity index (χ4n) is 3.23. The molecule has 25 heavy (non-hydrogen) atoms. The van der Waals surface area contributed by atoms with Crippen LogP contribution in [0.2, 0.25) is 0 Å². The molecule has 5 heteroatoms. The summed E-state index contributed by atoms with van der Waals surface area (Å²) in [6.07, 6.45) is 1.60. The molecular weight excluding hydrogens is 316 g/mol. The molecule has 0 bridgehead atoms. The third-order valence-corrected chi connectivity index (χ3v) is 4.43. The molecule has 2 heterocycles. The topological polar surface area (TPSA) is 62.7 Å². The second kappa shape index (κ2) is 5.72. The highest BCUT2D eigenvalue weighted by Crippen LogP contribution is 2.44. The fraction of sp³-hybridized carbons (Fsp3) is 0.100. The molecule has 0 fully saturated rings. The Morgan fingerprint density at radius 3 is 2.40 bits per heavy atom. The van der Waals surface area contributed by atoms with Crippen molar-refractivity contribution in [2.75, 3.05) is 12.0 Å². The first kappa shape index (κ1) is 15.4. The van der Waals surface area contributed by atoms with Crippen molar-refractivity contribution in [3.8, 4) is 5.75 Å². The summed E-state index contributed by atoms with van der Waals surface area (Å²) >= 11 is 0. The van der Waals surface area contributed by atoms with Gasteiger partial charge in [-0.1, -0.05) is 36.4 Å². The van der Waals surface area contributed by atoms with Crippen LogP contribution in [0.4, 0.5) is 5.82 Å². The minimum Gasteiger partial charge on any atom is -0.497 e. The maximum atomic E-state index is 13.0. The molecule has 1 amide bonds. The zero-order valence-corrected chi connectivity index (χ0v) is 13.6. The fourth-order valence-corrected chi connectivity index (χ4v) is 3.23. The highest BCUT2D eigenvalue weighted by atomic mass is 16.5. The lowest BCUT2D eigenvalue weighted by molar-refractivity contribution is 0.0698. The number of aliphatic hydroxyl groups is 1. The quantitative estimate of drug-likeness (QED) is 0.801. The number of amides is 1. The molecule has 5 nitrogen and oxygen atoms in total. The van der Waals surface area contributed by atoms with Crippen molar-refractivity contribution in [3.63, 3.8) is 0 Å². The van der Waals surface area contributed by atoms with Crippen LogP contribution >= 0.6 is 0 Å². The van der Waals surface area contributed by atoms with Crippen molar-refractivity contribution in [2.45, 2.75) is 5.72 Å². The maximum absolute atomic E-state index is 13.0. The zero-order valence-electron chi connectivity index (χ0n) is 13.6. The molecule has 1 atom stereocenters. The number of benzene rings is 2. The number of carbonyl (C=O) groups is 1. The van der Waals surface area contributed by atoms with E-state index < -0.39 is 5.72 Å². The Balaban J connectivity index is 1.95. The Morgan fingerprint density at radius 2 is 1.72 bits per heavy atom. The summed E-state index contributed by atoms with van der Waals surface area (Å²) in [6.45, 7) is 0. The highest BCUT2D eigenvalue weighted by Gasteiger charge is 2.51. The van der Waals surface area contributed by atoms with Gasteiger partial charge in [0.25, 0.3) is 5.91 Å². The minimum absolute atomic E-state index is 0.285. The molecule has 2 aromatic carbocycles. The summed E-state index contributed by atoms with van der Waals surface area (Å²) in [4.78, 5) is 18.6. The van der Waals surface area contributed by atoms with Gasteiger partial charge in [-0.25, -0.2) is 4.98 Å². The standard InChI is InChI=1S/C20H16N2O3/c1-25-15-11-9-14(10-12-15)20(24)17-7-3-2-6-16(17)19(23)22(20)18-8-4-5-13-21-18/h2-13,24H,1H3. The molecule has 3 aromatic rings. The van der Waals surface area contributed by atoms with Crippen LogP contribution in [0.25, 0.3) is 0 Å². The Bertz CT molecular complexity index is 925. The third kappa shape index (κ3) is 2.21. The normalized spacial score (nSPS) is 19.0. The number of anilines is 1. The van der Waals surface area contributed by atoms with E-state index in [1.165, 1.54) is 4.90 Å². The van der Waals surface area contributed by atoms with Crippen LogP contribution in [0.1, 0.15) is 21.5 Å². The Morgan fingerprint density at radius 1 is 1.00 bits per heavy atom. The van der Waals surface area contributed by atoms with Crippen LogP contribution in [0.15, 0.2) is 72.9 Å². The summed E-state index contributed by atoms with van der Waals surface area (Å²) < 4.78 is 5.19. The Kier molecular flexibility index (Phi) is 3.51. The summed E-state index contributed by atoms with van der Waals surface area (Å²) in [6, 6.07) is 19.4. The molecule has 0 saturated carbocycles. The molecule has 1 aliphatic heterocycles. The van der Waals surface area contributed by atoms with Gasteiger partial charge in [-0.3, -0.25) is 9.69 Å². The van der Waals surface area contributed by atoms with Crippen LogP contribution in [0, 0.1) is 0 Å². The first-order valence-corrected chi connectivity index (χ1v) is 7.88. The van der Waals surface area contributed by atoms with E-state index >= 15 is 0 Å². The molecule has 1 aliphatic rings. The largest absolute Gasteiger partial charge is 0.497 e. The van der Waals surface area contributed by atoms with E-state index in [9.17, 15) is 9.90 Å². The molecule has 0 saturated heterocycles. The van der Waals surface area contributed by atoms with E-state index in [1.807, 2.05) is 6.07 Å². The van der Waals surface area contributed by atoms with Gasteiger partial charge in [0.1, 0.15) is 11.6 Å². The second-order valence-electron chi connectivity index (χ2n) is 5.77. The molecule has 1 aromatic heterocycles. The van der Waals surface area contributed by atoms with Gasteiger partial charge in [-0.05, 0) is 30.3 Å². The number of rotatable bonds is 3. The van der Waals surface area contributed by atoms with E-state index in [-0.39, 0.29) is 5.91 Å². The molecule has 1 unspecified atom stereocenters. The van der Waals surface area contributed by atoms with E-state index in [0.29, 0.717) is 28.3 Å². The van der Waals surface area contributed by atoms with Crippen molar-refractivity contribution in [1.29, 1.82) is 0 Å². The molecule has 0 spiro atoms. The van der Waals surface area contributed by atoms with Crippen molar-refractivity contribution >= 4 is 11.7 Å². The number of pyridine rings is 1. The monoisotopic (exact) mass is 332 g/mol. The van der Waals surface area contributed by atoms with Gasteiger partial charge in [-0.15, -0.1) is 0 Å². The minimum atomic E-state index is -1.63. The van der Waals surface area contributed by atoms with Gasteiger partial charge in [0, 0.05) is 22.9 Å². The molecule has 1 N–H and O–H groups in total. The van der Waals surface area contributed by atoms with E-state index in [0.717, 1.165) is 0 Å². The van der Waals surface area contributed by atoms with Gasteiger partial charge in [0.2, 0.25) is 0 Å². The molecule has 0 aliphatic carbocycles. The number of methoxy groups -OCH3 is 1. The number of nitrogens with zero attached hydrogens (tertiary/aromatic N) is 2. The van der Waals surface area contributed by atoms with Crippen LogP contribution in [-0.4, -0.2) is 23.1 Å². The summed E-state index contributed by atoms with van der Waals surface area (Å²) in [5, 5.41) is 11.7. The summed E-state index contributed by atoms with van der Waals surface area (Å²) in [7, 11) is 1.58. The number of fused-ring (bicyclic) bond motifs is 1. The van der Waals surface area contributed by atoms with Gasteiger partial charge >= 0.3 is 0 Å². The van der Waals surface area contributed by atoms with E-state index in [1.54, 1.807) is 74.0 Å². The predicted octanol–water partition coefficient (Wildman–Crippen LogP) is 2.94. The van der Waals surface area contributed by atoms with Crippen LogP contribution in [0.5, 0.6) is 5.75 Å². The molecule has 0 radical (unpaired) electrons. The van der Waals surface area contributed by atoms with Crippen LogP contribution in [-0.2, 0) is 5.72 Å². The summed E-state index contributed by atoms with van der Waals surface area (Å²) in [5.41, 5.74) is -0.0616. The van der Waals surface area contributed by atoms with Gasteiger partial charge < -0.3 is 9.84 Å². The van der Waals surface area contributed by atoms with Gasteiger partial charge in [0.05, 0.1) is 7.11 Å². The van der Waals surface area contributed by atoms with E-state index in [4.69, 9.17) is 4.74 Å². The van der Waals surface area contributed by atoms with E-state index in [2.05, 4.69) is 4.98 Å². The lowest BCUT2D eigenvalue weighted by Crippen LogP contribution is -2.45. The zero-order chi connectivity index (χ0) is 17.4. The number of hydrogen-bond acceptors (Lipinski definition) is 4. The third-order valence-electron chi connectivity index (χ3n) is 4.43. The van der Waals surface area contributed by atoms with Crippen molar-refractivity contribution < 1.29 is 14.6 Å².